The van der Waals surface area contributed by atoms with Gasteiger partial charge in [0.05, 0.1) is 11.6 Å². The molecule has 0 aliphatic heterocycles. The summed E-state index contributed by atoms with van der Waals surface area (Å²) in [5, 5.41) is 11.2. The van der Waals surface area contributed by atoms with Gasteiger partial charge in [0.2, 0.25) is 5.91 Å². The molecule has 0 aliphatic carbocycles. The fourth-order valence-corrected chi connectivity index (χ4v) is 1.75. The summed E-state index contributed by atoms with van der Waals surface area (Å²) in [5.74, 6) is -1.72. The van der Waals surface area contributed by atoms with Gasteiger partial charge in [-0.1, -0.05) is 11.6 Å². The number of hydrogen-bond acceptors (Lipinski definition) is 4. The van der Waals surface area contributed by atoms with Gasteiger partial charge in [0, 0.05) is 5.69 Å². The zero-order valence-corrected chi connectivity index (χ0v) is 12.6. The van der Waals surface area contributed by atoms with Gasteiger partial charge in [-0.3, -0.25) is 14.5 Å². The Kier molecular flexibility index (Phi) is 6.51. The number of nitrogens with one attached hydrogen (secondary N) is 1. The van der Waals surface area contributed by atoms with E-state index in [-0.39, 0.29) is 23.0 Å². The van der Waals surface area contributed by atoms with Crippen LogP contribution in [0.15, 0.2) is 18.2 Å². The third-order valence-electron chi connectivity index (χ3n) is 2.84. The van der Waals surface area contributed by atoms with Crippen LogP contribution in [0.25, 0.3) is 0 Å². The number of aliphatic carboxylic acids is 1. The maximum atomic E-state index is 12.1. The van der Waals surface area contributed by atoms with Gasteiger partial charge in [0.25, 0.3) is 0 Å². The first-order chi connectivity index (χ1) is 10.2. The molecular weight excluding hydrogens is 322 g/mol. The normalized spacial score (nSPS) is 12.3. The van der Waals surface area contributed by atoms with Gasteiger partial charge in [-0.05, 0) is 32.2 Å². The van der Waals surface area contributed by atoms with E-state index in [1.165, 1.54) is 37.1 Å². The first kappa shape index (κ1) is 18.1. The fourth-order valence-electron chi connectivity index (χ4n) is 1.52. The summed E-state index contributed by atoms with van der Waals surface area (Å²) >= 11 is 5.76. The van der Waals surface area contributed by atoms with E-state index in [0.29, 0.717) is 0 Å². The molecule has 0 spiro atoms. The first-order valence-electron chi connectivity index (χ1n) is 6.18. The Hall–Kier alpha value is -1.93. The van der Waals surface area contributed by atoms with Crippen molar-refractivity contribution in [2.24, 2.45) is 0 Å². The maximum absolute atomic E-state index is 12.1. The number of carboxylic acid groups (broad SMARTS) is 1. The van der Waals surface area contributed by atoms with E-state index in [0.717, 1.165) is 0 Å². The number of hydrogen-bond donors (Lipinski definition) is 2. The number of alkyl halides is 2. The van der Waals surface area contributed by atoms with Crippen molar-refractivity contribution in [1.82, 2.24) is 4.90 Å². The second-order valence-electron chi connectivity index (χ2n) is 4.50. The predicted octanol–water partition coefficient (Wildman–Crippen LogP) is 2.28. The van der Waals surface area contributed by atoms with Crippen LogP contribution in [0.5, 0.6) is 5.75 Å². The number of carbonyl (C=O) groups excluding carboxylic acids is 1. The summed E-state index contributed by atoms with van der Waals surface area (Å²) in [6.45, 7) is -1.70. The SMILES string of the molecule is CC(C(=O)O)N(C)CC(=O)Nc1ccc(OC(F)F)c(Cl)c1. The van der Waals surface area contributed by atoms with Crippen molar-refractivity contribution in [3.63, 3.8) is 0 Å². The summed E-state index contributed by atoms with van der Waals surface area (Å²) in [7, 11) is 1.49. The van der Waals surface area contributed by atoms with Crippen LogP contribution in [-0.2, 0) is 9.59 Å². The van der Waals surface area contributed by atoms with Gasteiger partial charge in [0.1, 0.15) is 11.8 Å². The third kappa shape index (κ3) is 5.45. The summed E-state index contributed by atoms with van der Waals surface area (Å²) in [4.78, 5) is 23.9. The van der Waals surface area contributed by atoms with Crippen LogP contribution in [-0.4, -0.2) is 48.1 Å². The standard InChI is InChI=1S/C13H15ClF2N2O4/c1-7(12(20)21)18(2)6-11(19)17-8-3-4-10(9(14)5-8)22-13(15)16/h3-5,7,13H,6H2,1-2H3,(H,17,19)(H,20,21). The Balaban J connectivity index is 2.65. The van der Waals surface area contributed by atoms with Crippen molar-refractivity contribution in [2.45, 2.75) is 19.6 Å². The molecule has 1 aromatic carbocycles. The van der Waals surface area contributed by atoms with Gasteiger partial charge in [-0.15, -0.1) is 0 Å². The molecule has 6 nitrogen and oxygen atoms in total. The number of likely N-dealkylation sites (N-methyl/N-ethyl adjacent to an activating group) is 1. The van der Waals surface area contributed by atoms with Gasteiger partial charge < -0.3 is 15.2 Å². The van der Waals surface area contributed by atoms with Crippen LogP contribution < -0.4 is 10.1 Å². The van der Waals surface area contributed by atoms with Crippen LogP contribution in [0.2, 0.25) is 5.02 Å². The lowest BCUT2D eigenvalue weighted by Crippen LogP contribution is -2.40. The van der Waals surface area contributed by atoms with Gasteiger partial charge >= 0.3 is 12.6 Å². The second-order valence-corrected chi connectivity index (χ2v) is 4.91. The molecule has 0 saturated carbocycles. The predicted molar refractivity (Wildman–Crippen MR) is 76.4 cm³/mol. The van der Waals surface area contributed by atoms with Crippen LogP contribution in [0, 0.1) is 0 Å². The number of halogens is 3. The van der Waals surface area contributed by atoms with E-state index in [2.05, 4.69) is 10.1 Å². The number of anilines is 1. The van der Waals surface area contributed by atoms with Gasteiger partial charge in [-0.2, -0.15) is 8.78 Å². The van der Waals surface area contributed by atoms with E-state index in [1.807, 2.05) is 0 Å². The number of carboxylic acids is 1. The highest BCUT2D eigenvalue weighted by atomic mass is 35.5. The minimum absolute atomic E-state index is 0.0784. The van der Waals surface area contributed by atoms with E-state index in [1.54, 1.807) is 0 Å². The number of amides is 1. The zero-order chi connectivity index (χ0) is 16.9. The first-order valence-corrected chi connectivity index (χ1v) is 6.55. The average Bonchev–Trinajstić information content (AvgIpc) is 2.40. The highest BCUT2D eigenvalue weighted by Gasteiger charge is 2.19. The molecule has 22 heavy (non-hydrogen) atoms. The van der Waals surface area contributed by atoms with Crippen LogP contribution in [0.1, 0.15) is 6.92 Å². The van der Waals surface area contributed by atoms with E-state index in [4.69, 9.17) is 16.7 Å². The molecule has 9 heteroatoms. The molecular formula is C13H15ClF2N2O4. The molecule has 1 rings (SSSR count). The van der Waals surface area contributed by atoms with Crippen LogP contribution >= 0.6 is 11.6 Å². The van der Waals surface area contributed by atoms with E-state index in [9.17, 15) is 18.4 Å². The monoisotopic (exact) mass is 336 g/mol. The lowest BCUT2D eigenvalue weighted by atomic mass is 10.3. The Labute approximate surface area is 130 Å². The van der Waals surface area contributed by atoms with Crippen molar-refractivity contribution in [2.75, 3.05) is 18.9 Å². The molecule has 0 bridgehead atoms. The maximum Gasteiger partial charge on any atom is 0.387 e. The summed E-state index contributed by atoms with van der Waals surface area (Å²) in [6.07, 6.45) is 0. The van der Waals surface area contributed by atoms with Crippen molar-refractivity contribution < 1.29 is 28.2 Å². The Morgan fingerprint density at radius 2 is 2.09 bits per heavy atom. The molecule has 1 aromatic rings. The molecule has 1 unspecified atom stereocenters. The minimum Gasteiger partial charge on any atom is -0.480 e. The molecule has 0 aliphatic rings. The van der Waals surface area contributed by atoms with E-state index < -0.39 is 24.5 Å². The van der Waals surface area contributed by atoms with Crippen molar-refractivity contribution in [3.8, 4) is 5.75 Å². The lowest BCUT2D eigenvalue weighted by Gasteiger charge is -2.20. The van der Waals surface area contributed by atoms with Crippen molar-refractivity contribution in [1.29, 1.82) is 0 Å². The van der Waals surface area contributed by atoms with Crippen LogP contribution in [0.3, 0.4) is 0 Å². The van der Waals surface area contributed by atoms with Gasteiger partial charge in [-0.25, -0.2) is 0 Å². The molecule has 0 fully saturated rings. The molecule has 1 amide bonds. The average molecular weight is 337 g/mol. The van der Waals surface area contributed by atoms with Crippen molar-refractivity contribution in [3.05, 3.63) is 23.2 Å². The highest BCUT2D eigenvalue weighted by molar-refractivity contribution is 6.32. The third-order valence-corrected chi connectivity index (χ3v) is 3.14. The Bertz CT molecular complexity index is 557. The molecule has 1 atom stereocenters. The smallest absolute Gasteiger partial charge is 0.387 e. The quantitative estimate of drug-likeness (QED) is 0.798. The number of ether oxygens (including phenoxy) is 1. The highest BCUT2D eigenvalue weighted by Crippen LogP contribution is 2.28. The number of nitrogens with zero attached hydrogens (tertiary/aromatic N) is 1. The molecule has 0 saturated heterocycles. The number of benzene rings is 1. The summed E-state index contributed by atoms with van der Waals surface area (Å²) in [5.41, 5.74) is 0.285. The Morgan fingerprint density at radius 3 is 2.59 bits per heavy atom. The molecule has 0 aromatic heterocycles. The van der Waals surface area contributed by atoms with Crippen molar-refractivity contribution >= 4 is 29.2 Å². The number of carbonyl (C=O) groups is 2. The number of rotatable bonds is 7. The summed E-state index contributed by atoms with van der Waals surface area (Å²) < 4.78 is 28.4. The molecule has 2 N–H and O–H groups in total. The topological polar surface area (TPSA) is 78.9 Å². The summed E-state index contributed by atoms with van der Waals surface area (Å²) in [6, 6.07) is 2.99. The van der Waals surface area contributed by atoms with E-state index >= 15 is 0 Å². The molecule has 122 valence electrons. The molecule has 0 radical (unpaired) electrons. The fraction of sp³-hybridized carbons (Fsp3) is 0.385. The largest absolute Gasteiger partial charge is 0.480 e. The van der Waals surface area contributed by atoms with Gasteiger partial charge in [0.15, 0.2) is 0 Å². The zero-order valence-electron chi connectivity index (χ0n) is 11.8. The lowest BCUT2D eigenvalue weighted by molar-refractivity contribution is -0.142. The molecule has 0 heterocycles. The van der Waals surface area contributed by atoms with Crippen LogP contribution in [0.4, 0.5) is 14.5 Å². The second kappa shape index (κ2) is 7.90. The minimum atomic E-state index is -3.00. The Morgan fingerprint density at radius 1 is 1.45 bits per heavy atom.